The Morgan fingerprint density at radius 3 is 2.50 bits per heavy atom. The van der Waals surface area contributed by atoms with Gasteiger partial charge < -0.3 is 15.0 Å². The number of amides is 2. The highest BCUT2D eigenvalue weighted by atomic mass is 79.9. The zero-order valence-corrected chi connectivity index (χ0v) is 16.2. The Balaban J connectivity index is 2.02. The molecule has 6 heteroatoms. The molecule has 0 aromatic heterocycles. The number of alkyl carbamates (subject to hydrolysis) is 1. The molecule has 2 atom stereocenters. The van der Waals surface area contributed by atoms with E-state index in [-0.39, 0.29) is 11.9 Å². The lowest BCUT2D eigenvalue weighted by molar-refractivity contribution is -0.134. The smallest absolute Gasteiger partial charge is 0.408 e. The second-order valence-corrected chi connectivity index (χ2v) is 8.02. The number of rotatable bonds is 3. The number of hydrogen-bond acceptors (Lipinski definition) is 3. The lowest BCUT2D eigenvalue weighted by Crippen LogP contribution is -2.47. The molecule has 0 radical (unpaired) electrons. The molecule has 1 heterocycles. The van der Waals surface area contributed by atoms with Gasteiger partial charge in [-0.2, -0.15) is 0 Å². The van der Waals surface area contributed by atoms with E-state index in [9.17, 15) is 9.59 Å². The van der Waals surface area contributed by atoms with Crippen LogP contribution >= 0.6 is 15.9 Å². The maximum absolute atomic E-state index is 12.7. The van der Waals surface area contributed by atoms with Gasteiger partial charge in [0.1, 0.15) is 11.6 Å². The van der Waals surface area contributed by atoms with Crippen LogP contribution in [0.3, 0.4) is 0 Å². The molecule has 0 spiro atoms. The fourth-order valence-corrected chi connectivity index (χ4v) is 3.12. The van der Waals surface area contributed by atoms with Crippen molar-refractivity contribution in [2.75, 3.05) is 6.54 Å². The summed E-state index contributed by atoms with van der Waals surface area (Å²) in [7, 11) is 0. The number of nitrogens with zero attached hydrogens (tertiary/aromatic N) is 1. The molecule has 2 amide bonds. The number of ether oxygens (including phenoxy) is 1. The third kappa shape index (κ3) is 4.97. The first kappa shape index (κ1) is 18.8. The molecule has 0 saturated carbocycles. The van der Waals surface area contributed by atoms with Crippen molar-refractivity contribution < 1.29 is 14.3 Å². The Morgan fingerprint density at radius 2 is 1.92 bits per heavy atom. The summed E-state index contributed by atoms with van der Waals surface area (Å²) in [5.74, 6) is -0.0775. The van der Waals surface area contributed by atoms with Crippen molar-refractivity contribution in [2.24, 2.45) is 0 Å². The van der Waals surface area contributed by atoms with Gasteiger partial charge in [0, 0.05) is 11.0 Å². The highest BCUT2D eigenvalue weighted by Crippen LogP contribution is 2.33. The van der Waals surface area contributed by atoms with Crippen LogP contribution in [0.1, 0.15) is 52.1 Å². The summed E-state index contributed by atoms with van der Waals surface area (Å²) in [5, 5.41) is 2.63. The van der Waals surface area contributed by atoms with Crippen molar-refractivity contribution in [3.63, 3.8) is 0 Å². The summed E-state index contributed by atoms with van der Waals surface area (Å²) in [6, 6.07) is 7.49. The topological polar surface area (TPSA) is 58.6 Å². The van der Waals surface area contributed by atoms with Gasteiger partial charge in [-0.1, -0.05) is 28.1 Å². The fraction of sp³-hybridized carbons (Fsp3) is 0.556. The Labute approximate surface area is 151 Å². The van der Waals surface area contributed by atoms with Crippen LogP contribution in [0.2, 0.25) is 0 Å². The van der Waals surface area contributed by atoms with Gasteiger partial charge >= 0.3 is 6.09 Å². The van der Waals surface area contributed by atoms with Crippen molar-refractivity contribution in [1.29, 1.82) is 0 Å². The molecule has 1 aromatic rings. The minimum atomic E-state index is -0.615. The molecule has 1 aromatic carbocycles. The lowest BCUT2D eigenvalue weighted by atomic mass is 10.0. The van der Waals surface area contributed by atoms with Gasteiger partial charge in [0.2, 0.25) is 5.91 Å². The molecule has 2 rings (SSSR count). The Morgan fingerprint density at radius 1 is 1.29 bits per heavy atom. The monoisotopic (exact) mass is 396 g/mol. The Kier molecular flexibility index (Phi) is 5.91. The average molecular weight is 397 g/mol. The number of benzene rings is 1. The summed E-state index contributed by atoms with van der Waals surface area (Å²) in [5.41, 5.74) is 0.536. The number of carbonyl (C=O) groups is 2. The second kappa shape index (κ2) is 7.55. The number of nitrogens with one attached hydrogen (secondary N) is 1. The van der Waals surface area contributed by atoms with Crippen molar-refractivity contribution in [3.05, 3.63) is 34.3 Å². The summed E-state index contributed by atoms with van der Waals surface area (Å²) in [6.07, 6.45) is 1.33. The molecular weight excluding hydrogens is 372 g/mol. The highest BCUT2D eigenvalue weighted by Gasteiger charge is 2.33. The van der Waals surface area contributed by atoms with E-state index in [1.807, 2.05) is 29.2 Å². The van der Waals surface area contributed by atoms with Crippen molar-refractivity contribution in [1.82, 2.24) is 10.2 Å². The normalized spacial score (nSPS) is 19.0. The molecule has 0 aliphatic carbocycles. The zero-order valence-electron chi connectivity index (χ0n) is 14.6. The molecule has 1 aliphatic heterocycles. The summed E-state index contributed by atoms with van der Waals surface area (Å²) < 4.78 is 6.24. The Bertz CT molecular complexity index is 595. The van der Waals surface area contributed by atoms with E-state index in [2.05, 4.69) is 21.2 Å². The minimum absolute atomic E-state index is 0.0634. The summed E-state index contributed by atoms with van der Waals surface area (Å²) in [4.78, 5) is 26.5. The molecule has 5 nitrogen and oxygen atoms in total. The van der Waals surface area contributed by atoms with E-state index in [0.717, 1.165) is 22.9 Å². The third-order valence-corrected chi connectivity index (χ3v) is 4.42. The molecule has 0 unspecified atom stereocenters. The molecule has 1 aliphatic rings. The van der Waals surface area contributed by atoms with Crippen LogP contribution in [-0.2, 0) is 9.53 Å². The number of halogens is 1. The third-order valence-electron chi connectivity index (χ3n) is 3.89. The van der Waals surface area contributed by atoms with E-state index in [1.165, 1.54) is 0 Å². The molecule has 132 valence electrons. The molecular formula is C18H25BrN2O3. The average Bonchev–Trinajstić information content (AvgIpc) is 2.94. The van der Waals surface area contributed by atoms with Crippen LogP contribution < -0.4 is 5.32 Å². The highest BCUT2D eigenvalue weighted by molar-refractivity contribution is 9.10. The first-order chi connectivity index (χ1) is 11.2. The molecule has 1 saturated heterocycles. The standard InChI is InChI=1S/C18H25BrN2O3/c1-12(20-17(23)24-18(2,3)4)16(22)21-11-5-6-15(21)13-7-9-14(19)10-8-13/h7-10,12,15H,5-6,11H2,1-4H3,(H,20,23)/t12-,15+/m0/s1. The fourth-order valence-electron chi connectivity index (χ4n) is 2.86. The lowest BCUT2D eigenvalue weighted by Gasteiger charge is -2.29. The quantitative estimate of drug-likeness (QED) is 0.838. The van der Waals surface area contributed by atoms with Gasteiger partial charge in [-0.3, -0.25) is 4.79 Å². The van der Waals surface area contributed by atoms with Crippen molar-refractivity contribution in [2.45, 2.75) is 58.2 Å². The molecule has 1 fully saturated rings. The van der Waals surface area contributed by atoms with Crippen LogP contribution in [0.5, 0.6) is 0 Å². The van der Waals surface area contributed by atoms with Crippen LogP contribution in [0.4, 0.5) is 4.79 Å². The van der Waals surface area contributed by atoms with Gasteiger partial charge in [-0.15, -0.1) is 0 Å². The minimum Gasteiger partial charge on any atom is -0.444 e. The van der Waals surface area contributed by atoms with Crippen LogP contribution in [0, 0.1) is 0 Å². The largest absolute Gasteiger partial charge is 0.444 e. The molecule has 0 bridgehead atoms. The first-order valence-electron chi connectivity index (χ1n) is 8.23. The van der Waals surface area contributed by atoms with E-state index in [0.29, 0.717) is 6.54 Å². The van der Waals surface area contributed by atoms with E-state index in [1.54, 1.807) is 27.7 Å². The maximum atomic E-state index is 12.7. The zero-order chi connectivity index (χ0) is 17.9. The van der Waals surface area contributed by atoms with E-state index < -0.39 is 17.7 Å². The van der Waals surface area contributed by atoms with Gasteiger partial charge in [0.05, 0.1) is 6.04 Å². The van der Waals surface area contributed by atoms with Crippen molar-refractivity contribution in [3.8, 4) is 0 Å². The maximum Gasteiger partial charge on any atom is 0.408 e. The van der Waals surface area contributed by atoms with Crippen LogP contribution in [-0.4, -0.2) is 35.1 Å². The predicted octanol–water partition coefficient (Wildman–Crippen LogP) is 4.03. The van der Waals surface area contributed by atoms with Gasteiger partial charge in [0.15, 0.2) is 0 Å². The predicted molar refractivity (Wildman–Crippen MR) is 96.7 cm³/mol. The summed E-state index contributed by atoms with van der Waals surface area (Å²) >= 11 is 3.43. The van der Waals surface area contributed by atoms with E-state index >= 15 is 0 Å². The van der Waals surface area contributed by atoms with Gasteiger partial charge in [-0.25, -0.2) is 4.79 Å². The number of hydrogen-bond donors (Lipinski definition) is 1. The number of carbonyl (C=O) groups excluding carboxylic acids is 2. The Hall–Kier alpha value is -1.56. The van der Waals surface area contributed by atoms with E-state index in [4.69, 9.17) is 4.74 Å². The van der Waals surface area contributed by atoms with Gasteiger partial charge in [-0.05, 0) is 58.2 Å². The first-order valence-corrected chi connectivity index (χ1v) is 9.02. The number of likely N-dealkylation sites (tertiary alicyclic amines) is 1. The SMILES string of the molecule is C[C@H](NC(=O)OC(C)(C)C)C(=O)N1CCC[C@@H]1c1ccc(Br)cc1. The van der Waals surface area contributed by atoms with Crippen LogP contribution in [0.15, 0.2) is 28.7 Å². The second-order valence-electron chi connectivity index (χ2n) is 7.11. The summed E-state index contributed by atoms with van der Waals surface area (Å²) in [6.45, 7) is 7.79. The van der Waals surface area contributed by atoms with Crippen molar-refractivity contribution >= 4 is 27.9 Å². The van der Waals surface area contributed by atoms with Gasteiger partial charge in [0.25, 0.3) is 0 Å². The molecule has 24 heavy (non-hydrogen) atoms. The van der Waals surface area contributed by atoms with Crippen LogP contribution in [0.25, 0.3) is 0 Å². The molecule has 1 N–H and O–H groups in total.